The summed E-state index contributed by atoms with van der Waals surface area (Å²) in [6.45, 7) is 3.25. The van der Waals surface area contributed by atoms with Crippen molar-refractivity contribution >= 4 is 16.8 Å². The molecule has 1 aromatic carbocycles. The molecule has 1 unspecified atom stereocenters. The normalized spacial score (nSPS) is 20.0. The van der Waals surface area contributed by atoms with Crippen LogP contribution in [0.25, 0.3) is 10.9 Å². The summed E-state index contributed by atoms with van der Waals surface area (Å²) in [4.78, 5) is 23.0. The molecule has 0 saturated carbocycles. The lowest BCUT2D eigenvalue weighted by Crippen LogP contribution is -2.39. The minimum atomic E-state index is 0.101. The first-order valence-corrected chi connectivity index (χ1v) is 9.92. The number of piperidine rings is 1. The average molecular weight is 364 g/mol. The molecule has 2 aromatic heterocycles. The molecule has 6 nitrogen and oxygen atoms in total. The van der Waals surface area contributed by atoms with Gasteiger partial charge in [0.05, 0.1) is 5.92 Å². The molecule has 5 rings (SSSR count). The summed E-state index contributed by atoms with van der Waals surface area (Å²) in [6.07, 6.45) is 6.64. The Bertz CT molecular complexity index is 1000. The number of nitrogens with one attached hydrogen (secondary N) is 1. The Balaban J connectivity index is 1.41. The highest BCUT2D eigenvalue weighted by Crippen LogP contribution is 2.31. The van der Waals surface area contributed by atoms with Gasteiger partial charge in [0, 0.05) is 35.2 Å². The van der Waals surface area contributed by atoms with Crippen LogP contribution in [0.1, 0.15) is 64.9 Å². The zero-order chi connectivity index (χ0) is 18.4. The summed E-state index contributed by atoms with van der Waals surface area (Å²) < 4.78 is 5.34. The second-order valence-corrected chi connectivity index (χ2v) is 7.82. The maximum atomic E-state index is 13.2. The topological polar surface area (TPSA) is 75.0 Å². The van der Waals surface area contributed by atoms with E-state index in [2.05, 4.69) is 27.3 Å². The van der Waals surface area contributed by atoms with E-state index in [1.54, 1.807) is 0 Å². The molecule has 3 heterocycles. The van der Waals surface area contributed by atoms with E-state index in [0.717, 1.165) is 43.3 Å². The number of carbonyl (C=O) groups excluding carboxylic acids is 1. The van der Waals surface area contributed by atoms with Crippen LogP contribution >= 0.6 is 0 Å². The van der Waals surface area contributed by atoms with Gasteiger partial charge in [0.15, 0.2) is 5.82 Å². The summed E-state index contributed by atoms with van der Waals surface area (Å²) in [5.41, 5.74) is 4.68. The molecule has 0 radical (unpaired) electrons. The van der Waals surface area contributed by atoms with Crippen molar-refractivity contribution < 1.29 is 9.32 Å². The second kappa shape index (κ2) is 6.51. The monoisotopic (exact) mass is 364 g/mol. The standard InChI is InChI=1S/C21H24N4O2/c1-13-22-20(27-24-13)15-5-4-10-25(12-15)21(26)14-8-9-19-17(11-14)16-6-2-3-7-18(16)23-19/h8-9,11,15,23H,2-7,10,12H2,1H3. The molecule has 140 valence electrons. The highest BCUT2D eigenvalue weighted by molar-refractivity contribution is 5.99. The van der Waals surface area contributed by atoms with E-state index in [9.17, 15) is 4.79 Å². The number of amides is 1. The number of carbonyl (C=O) groups is 1. The summed E-state index contributed by atoms with van der Waals surface area (Å²) in [5, 5.41) is 5.12. The maximum Gasteiger partial charge on any atom is 0.253 e. The molecule has 27 heavy (non-hydrogen) atoms. The first-order chi connectivity index (χ1) is 13.2. The zero-order valence-corrected chi connectivity index (χ0v) is 15.6. The minimum absolute atomic E-state index is 0.101. The highest BCUT2D eigenvalue weighted by atomic mass is 16.5. The number of rotatable bonds is 2. The predicted molar refractivity (Wildman–Crippen MR) is 102 cm³/mol. The van der Waals surface area contributed by atoms with Gasteiger partial charge in [-0.1, -0.05) is 5.16 Å². The molecule has 1 N–H and O–H groups in total. The van der Waals surface area contributed by atoms with Crippen molar-refractivity contribution in [3.05, 3.63) is 46.7 Å². The Kier molecular flexibility index (Phi) is 3.99. The van der Waals surface area contributed by atoms with Gasteiger partial charge in [-0.15, -0.1) is 0 Å². The number of aromatic nitrogens is 3. The van der Waals surface area contributed by atoms with Gasteiger partial charge in [-0.2, -0.15) is 4.98 Å². The summed E-state index contributed by atoms with van der Waals surface area (Å²) in [5.74, 6) is 1.53. The van der Waals surface area contributed by atoms with Crippen LogP contribution in [0.2, 0.25) is 0 Å². The van der Waals surface area contributed by atoms with Crippen LogP contribution in [0.5, 0.6) is 0 Å². The molecule has 0 bridgehead atoms. The van der Waals surface area contributed by atoms with Gasteiger partial charge in [0.2, 0.25) is 5.89 Å². The van der Waals surface area contributed by atoms with Gasteiger partial charge in [-0.3, -0.25) is 4.79 Å². The van der Waals surface area contributed by atoms with E-state index >= 15 is 0 Å². The van der Waals surface area contributed by atoms with Crippen molar-refractivity contribution in [3.63, 3.8) is 0 Å². The molecule has 6 heteroatoms. The molecule has 1 atom stereocenters. The number of benzene rings is 1. The highest BCUT2D eigenvalue weighted by Gasteiger charge is 2.29. The van der Waals surface area contributed by atoms with Crippen LogP contribution in [0.3, 0.4) is 0 Å². The third-order valence-electron chi connectivity index (χ3n) is 5.95. The fraction of sp³-hybridized carbons (Fsp3) is 0.476. The molecule has 0 spiro atoms. The lowest BCUT2D eigenvalue weighted by molar-refractivity contribution is 0.0696. The number of aromatic amines is 1. The summed E-state index contributed by atoms with van der Waals surface area (Å²) in [6, 6.07) is 6.09. The Morgan fingerprint density at radius 3 is 3.00 bits per heavy atom. The van der Waals surface area contributed by atoms with Gasteiger partial charge in [-0.25, -0.2) is 0 Å². The largest absolute Gasteiger partial charge is 0.358 e. The number of hydrogen-bond acceptors (Lipinski definition) is 4. The second-order valence-electron chi connectivity index (χ2n) is 7.82. The van der Waals surface area contributed by atoms with Gasteiger partial charge in [0.25, 0.3) is 5.91 Å². The van der Waals surface area contributed by atoms with Crippen LogP contribution in [-0.4, -0.2) is 39.0 Å². The lowest BCUT2D eigenvalue weighted by Gasteiger charge is -2.31. The van der Waals surface area contributed by atoms with Crippen molar-refractivity contribution in [2.24, 2.45) is 0 Å². The summed E-state index contributed by atoms with van der Waals surface area (Å²) >= 11 is 0. The van der Waals surface area contributed by atoms with Crippen LogP contribution in [0.15, 0.2) is 22.7 Å². The molecule has 1 amide bonds. The number of likely N-dealkylation sites (tertiary alicyclic amines) is 1. The van der Waals surface area contributed by atoms with Crippen LogP contribution in [-0.2, 0) is 12.8 Å². The van der Waals surface area contributed by atoms with E-state index < -0.39 is 0 Å². The molecule has 2 aliphatic rings. The summed E-state index contributed by atoms with van der Waals surface area (Å²) in [7, 11) is 0. The number of aryl methyl sites for hydroxylation is 3. The van der Waals surface area contributed by atoms with E-state index in [1.165, 1.54) is 29.5 Å². The third kappa shape index (κ3) is 2.93. The SMILES string of the molecule is Cc1noc(C2CCCN(C(=O)c3ccc4[nH]c5c(c4c3)CCCC5)C2)n1. The van der Waals surface area contributed by atoms with Crippen molar-refractivity contribution in [1.29, 1.82) is 0 Å². The Morgan fingerprint density at radius 1 is 1.26 bits per heavy atom. The number of fused-ring (bicyclic) bond motifs is 3. The van der Waals surface area contributed by atoms with Gasteiger partial charge >= 0.3 is 0 Å². The Labute approximate surface area is 157 Å². The Morgan fingerprint density at radius 2 is 2.15 bits per heavy atom. The van der Waals surface area contributed by atoms with Gasteiger partial charge in [-0.05, 0) is 69.2 Å². The minimum Gasteiger partial charge on any atom is -0.358 e. The van der Waals surface area contributed by atoms with Crippen LogP contribution < -0.4 is 0 Å². The number of hydrogen-bond donors (Lipinski definition) is 1. The van der Waals surface area contributed by atoms with Crippen molar-refractivity contribution in [2.45, 2.75) is 51.4 Å². The fourth-order valence-electron chi connectivity index (χ4n) is 4.56. The molecule has 1 aliphatic heterocycles. The number of nitrogens with zero attached hydrogens (tertiary/aromatic N) is 3. The zero-order valence-electron chi connectivity index (χ0n) is 15.6. The molecule has 1 fully saturated rings. The average Bonchev–Trinajstić information content (AvgIpc) is 3.30. The van der Waals surface area contributed by atoms with Crippen LogP contribution in [0.4, 0.5) is 0 Å². The van der Waals surface area contributed by atoms with E-state index in [1.807, 2.05) is 17.9 Å². The molecular weight excluding hydrogens is 340 g/mol. The molecular formula is C21H24N4O2. The smallest absolute Gasteiger partial charge is 0.253 e. The number of H-pyrrole nitrogens is 1. The Hall–Kier alpha value is -2.63. The fourth-order valence-corrected chi connectivity index (χ4v) is 4.56. The first kappa shape index (κ1) is 16.5. The van der Waals surface area contributed by atoms with Gasteiger partial charge < -0.3 is 14.4 Å². The van der Waals surface area contributed by atoms with Crippen molar-refractivity contribution in [3.8, 4) is 0 Å². The van der Waals surface area contributed by atoms with Crippen molar-refractivity contribution in [1.82, 2.24) is 20.0 Å². The quantitative estimate of drug-likeness (QED) is 0.751. The molecule has 1 aliphatic carbocycles. The maximum absolute atomic E-state index is 13.2. The lowest BCUT2D eigenvalue weighted by atomic mass is 9.94. The van der Waals surface area contributed by atoms with Crippen LogP contribution in [0, 0.1) is 6.92 Å². The molecule has 1 saturated heterocycles. The third-order valence-corrected chi connectivity index (χ3v) is 5.95. The van der Waals surface area contributed by atoms with E-state index in [4.69, 9.17) is 4.52 Å². The predicted octanol–water partition coefficient (Wildman–Crippen LogP) is 3.76. The van der Waals surface area contributed by atoms with Crippen molar-refractivity contribution in [2.75, 3.05) is 13.1 Å². The molecule has 3 aromatic rings. The van der Waals surface area contributed by atoms with E-state index in [-0.39, 0.29) is 11.8 Å². The first-order valence-electron chi connectivity index (χ1n) is 9.92. The van der Waals surface area contributed by atoms with E-state index in [0.29, 0.717) is 18.3 Å². The van der Waals surface area contributed by atoms with Gasteiger partial charge in [0.1, 0.15) is 0 Å².